The molecule has 0 saturated heterocycles. The van der Waals surface area contributed by atoms with Crippen molar-refractivity contribution in [2.24, 2.45) is 4.99 Å². The third-order valence-corrected chi connectivity index (χ3v) is 1.89. The smallest absolute Gasteiger partial charge is 0.340 e. The number of rotatable bonds is 3. The Morgan fingerprint density at radius 2 is 2.27 bits per heavy atom. The molecule has 0 aliphatic heterocycles. The molecule has 0 unspecified atom stereocenters. The Morgan fingerprint density at radius 3 is 2.87 bits per heavy atom. The molecule has 0 radical (unpaired) electrons. The van der Waals surface area contributed by atoms with Crippen LogP contribution < -0.4 is 0 Å². The number of esters is 1. The highest BCUT2D eigenvalue weighted by atomic mass is 16.5. The lowest BCUT2D eigenvalue weighted by molar-refractivity contribution is 0.0527. The van der Waals surface area contributed by atoms with E-state index in [2.05, 4.69) is 4.99 Å². The molecule has 78 valence electrons. The van der Waals surface area contributed by atoms with Crippen LogP contribution in [0.1, 0.15) is 22.8 Å². The second-order valence-electron chi connectivity index (χ2n) is 2.89. The van der Waals surface area contributed by atoms with Crippen LogP contribution in [-0.4, -0.2) is 18.7 Å². The maximum Gasteiger partial charge on any atom is 0.340 e. The normalized spacial score (nSPS) is 9.20. The molecule has 0 bridgehead atoms. The molecule has 4 nitrogen and oxygen atoms in total. The van der Waals surface area contributed by atoms with Crippen molar-refractivity contribution in [3.63, 3.8) is 0 Å². The number of para-hydroxylation sites is 1. The predicted octanol–water partition coefficient (Wildman–Crippen LogP) is 2.14. The lowest BCUT2D eigenvalue weighted by Gasteiger charge is -2.05. The van der Waals surface area contributed by atoms with Crippen LogP contribution in [0.2, 0.25) is 0 Å². The largest absolute Gasteiger partial charge is 0.462 e. The van der Waals surface area contributed by atoms with Crippen LogP contribution in [0.25, 0.3) is 0 Å². The molecular weight excluding hydrogens is 194 g/mol. The van der Waals surface area contributed by atoms with E-state index in [4.69, 9.17) is 4.74 Å². The zero-order valence-corrected chi connectivity index (χ0v) is 8.61. The molecule has 0 aromatic heterocycles. The van der Waals surface area contributed by atoms with Gasteiger partial charge in [0, 0.05) is 0 Å². The monoisotopic (exact) mass is 205 g/mol. The molecule has 1 aromatic rings. The topological polar surface area (TPSA) is 55.7 Å². The van der Waals surface area contributed by atoms with Crippen LogP contribution in [-0.2, 0) is 9.53 Å². The lowest BCUT2D eigenvalue weighted by Crippen LogP contribution is -2.05. The predicted molar refractivity (Wildman–Crippen MR) is 54.9 cm³/mol. The first kappa shape index (κ1) is 11.1. The van der Waals surface area contributed by atoms with E-state index in [1.807, 2.05) is 0 Å². The molecule has 4 heteroatoms. The molecule has 0 saturated carbocycles. The van der Waals surface area contributed by atoms with Crippen molar-refractivity contribution in [2.75, 3.05) is 6.61 Å². The molecule has 0 amide bonds. The van der Waals surface area contributed by atoms with Gasteiger partial charge in [-0.2, -0.15) is 4.99 Å². The summed E-state index contributed by atoms with van der Waals surface area (Å²) in [4.78, 5) is 25.2. The quantitative estimate of drug-likeness (QED) is 0.431. The zero-order valence-electron chi connectivity index (χ0n) is 8.61. The van der Waals surface area contributed by atoms with Gasteiger partial charge in [0.2, 0.25) is 6.08 Å². The standard InChI is InChI=1S/C11H11NO3/c1-3-15-11(14)9-6-4-5-8(2)10(9)12-7-13/h4-6H,3H2,1-2H3. The highest BCUT2D eigenvalue weighted by molar-refractivity contribution is 5.96. The Bertz CT molecular complexity index is 420. The second kappa shape index (κ2) is 5.08. The number of benzene rings is 1. The van der Waals surface area contributed by atoms with E-state index in [1.54, 1.807) is 32.0 Å². The summed E-state index contributed by atoms with van der Waals surface area (Å²) in [5, 5.41) is 0. The van der Waals surface area contributed by atoms with Gasteiger partial charge < -0.3 is 4.74 Å². The number of aryl methyl sites for hydroxylation is 1. The summed E-state index contributed by atoms with van der Waals surface area (Å²) in [7, 11) is 0. The van der Waals surface area contributed by atoms with Crippen molar-refractivity contribution in [1.82, 2.24) is 0 Å². The molecule has 1 rings (SSSR count). The molecule has 1 aromatic carbocycles. The van der Waals surface area contributed by atoms with Crippen LogP contribution in [0, 0.1) is 6.92 Å². The van der Waals surface area contributed by atoms with Crippen LogP contribution >= 0.6 is 0 Å². The van der Waals surface area contributed by atoms with E-state index in [0.29, 0.717) is 11.3 Å². The summed E-state index contributed by atoms with van der Waals surface area (Å²) < 4.78 is 4.84. The number of carbonyl (C=O) groups excluding carboxylic acids is 2. The number of isocyanates is 1. The summed E-state index contributed by atoms with van der Waals surface area (Å²) in [5.41, 5.74) is 1.36. The molecule has 0 heterocycles. The van der Waals surface area contributed by atoms with Gasteiger partial charge in [-0.05, 0) is 25.5 Å². The molecular formula is C11H11NO3. The van der Waals surface area contributed by atoms with E-state index in [1.165, 1.54) is 6.08 Å². The first-order valence-electron chi connectivity index (χ1n) is 4.55. The van der Waals surface area contributed by atoms with Gasteiger partial charge in [-0.15, -0.1) is 0 Å². The van der Waals surface area contributed by atoms with Gasteiger partial charge in [-0.1, -0.05) is 12.1 Å². The molecule has 0 fully saturated rings. The van der Waals surface area contributed by atoms with Gasteiger partial charge in [0.1, 0.15) is 0 Å². The second-order valence-corrected chi connectivity index (χ2v) is 2.89. The molecule has 15 heavy (non-hydrogen) atoms. The average molecular weight is 205 g/mol. The van der Waals surface area contributed by atoms with Gasteiger partial charge in [0.25, 0.3) is 0 Å². The van der Waals surface area contributed by atoms with Gasteiger partial charge in [-0.25, -0.2) is 9.59 Å². The van der Waals surface area contributed by atoms with E-state index in [9.17, 15) is 9.59 Å². The van der Waals surface area contributed by atoms with Crippen molar-refractivity contribution < 1.29 is 14.3 Å². The minimum Gasteiger partial charge on any atom is -0.462 e. The summed E-state index contributed by atoms with van der Waals surface area (Å²) >= 11 is 0. The van der Waals surface area contributed by atoms with Crippen molar-refractivity contribution in [2.45, 2.75) is 13.8 Å². The van der Waals surface area contributed by atoms with Crippen molar-refractivity contribution >= 4 is 17.7 Å². The van der Waals surface area contributed by atoms with Crippen molar-refractivity contribution in [1.29, 1.82) is 0 Å². The van der Waals surface area contributed by atoms with E-state index in [0.717, 1.165) is 5.56 Å². The SMILES string of the molecule is CCOC(=O)c1cccc(C)c1N=C=O. The van der Waals surface area contributed by atoms with Crippen LogP contribution in [0.15, 0.2) is 23.2 Å². The first-order chi connectivity index (χ1) is 7.20. The van der Waals surface area contributed by atoms with Gasteiger partial charge in [0.05, 0.1) is 17.9 Å². The third kappa shape index (κ3) is 2.51. The maximum absolute atomic E-state index is 11.5. The Balaban J connectivity index is 3.22. The summed E-state index contributed by atoms with van der Waals surface area (Å²) in [6, 6.07) is 5.05. The average Bonchev–Trinajstić information content (AvgIpc) is 2.21. The van der Waals surface area contributed by atoms with Gasteiger partial charge in [-0.3, -0.25) is 0 Å². The van der Waals surface area contributed by atoms with Crippen LogP contribution in [0.4, 0.5) is 5.69 Å². The minimum atomic E-state index is -0.477. The summed E-state index contributed by atoms with van der Waals surface area (Å²) in [6.45, 7) is 3.77. The summed E-state index contributed by atoms with van der Waals surface area (Å²) in [6.07, 6.45) is 1.43. The number of aliphatic imine (C=N–C) groups is 1. The fourth-order valence-electron chi connectivity index (χ4n) is 1.23. The zero-order chi connectivity index (χ0) is 11.3. The highest BCUT2D eigenvalue weighted by Gasteiger charge is 2.13. The van der Waals surface area contributed by atoms with E-state index in [-0.39, 0.29) is 6.61 Å². The Labute approximate surface area is 87.6 Å². The Kier molecular flexibility index (Phi) is 3.77. The molecule has 0 atom stereocenters. The number of hydrogen-bond acceptors (Lipinski definition) is 4. The van der Waals surface area contributed by atoms with Gasteiger partial charge >= 0.3 is 5.97 Å². The highest BCUT2D eigenvalue weighted by Crippen LogP contribution is 2.23. The fraction of sp³-hybridized carbons (Fsp3) is 0.273. The fourth-order valence-corrected chi connectivity index (χ4v) is 1.23. The minimum absolute atomic E-state index is 0.289. The van der Waals surface area contributed by atoms with Gasteiger partial charge in [0.15, 0.2) is 0 Å². The Morgan fingerprint density at radius 1 is 1.53 bits per heavy atom. The van der Waals surface area contributed by atoms with E-state index >= 15 is 0 Å². The number of carbonyl (C=O) groups is 1. The molecule has 0 aliphatic carbocycles. The third-order valence-electron chi connectivity index (χ3n) is 1.89. The van der Waals surface area contributed by atoms with Crippen molar-refractivity contribution in [3.8, 4) is 0 Å². The Hall–Kier alpha value is -1.93. The summed E-state index contributed by atoms with van der Waals surface area (Å²) in [5.74, 6) is -0.477. The number of nitrogens with zero attached hydrogens (tertiary/aromatic N) is 1. The lowest BCUT2D eigenvalue weighted by atomic mass is 10.1. The van der Waals surface area contributed by atoms with Crippen LogP contribution in [0.5, 0.6) is 0 Å². The molecule has 0 N–H and O–H groups in total. The molecule has 0 aliphatic rings. The van der Waals surface area contributed by atoms with E-state index < -0.39 is 5.97 Å². The first-order valence-corrected chi connectivity index (χ1v) is 4.55. The molecule has 0 spiro atoms. The van der Waals surface area contributed by atoms with Crippen LogP contribution in [0.3, 0.4) is 0 Å². The number of hydrogen-bond donors (Lipinski definition) is 0. The number of ether oxygens (including phenoxy) is 1. The maximum atomic E-state index is 11.5. The van der Waals surface area contributed by atoms with Crippen molar-refractivity contribution in [3.05, 3.63) is 29.3 Å².